The van der Waals surface area contributed by atoms with E-state index in [9.17, 15) is 9.59 Å². The van der Waals surface area contributed by atoms with Gasteiger partial charge < -0.3 is 9.47 Å². The molecule has 0 bridgehead atoms. The Morgan fingerprint density at radius 2 is 0.761 bits per heavy atom. The Morgan fingerprint density at radius 3 is 1.11 bits per heavy atom. The van der Waals surface area contributed by atoms with Crippen molar-refractivity contribution in [3.05, 3.63) is 48.6 Å². The SMILES string of the molecule is CCCCCCCC/C=C\CCCCCCCC(=O)Oc1cccc(OC(=O)CCCCCCC/C=C\CCCCCCCC)c1. The van der Waals surface area contributed by atoms with Gasteiger partial charge in [-0.15, -0.1) is 0 Å². The molecule has 0 radical (unpaired) electrons. The highest BCUT2D eigenvalue weighted by Crippen LogP contribution is 2.21. The molecule has 0 aliphatic carbocycles. The smallest absolute Gasteiger partial charge is 0.311 e. The molecule has 0 heterocycles. The molecule has 0 aromatic heterocycles. The number of ether oxygens (including phenoxy) is 2. The van der Waals surface area contributed by atoms with Crippen molar-refractivity contribution < 1.29 is 19.1 Å². The van der Waals surface area contributed by atoms with E-state index in [4.69, 9.17) is 9.47 Å². The highest BCUT2D eigenvalue weighted by Gasteiger charge is 2.09. The predicted molar refractivity (Wildman–Crippen MR) is 197 cm³/mol. The standard InChI is InChI=1S/C42H70O4/c1-3-5-7-9-11-13-15-17-19-21-23-25-27-29-31-36-41(43)45-39-34-33-35-40(38-39)46-42(44)37-32-30-28-26-24-22-20-18-16-14-12-10-8-6-4-2/h17-20,33-35,38H,3-16,21-32,36-37H2,1-2H3/b19-17-,20-18-. The van der Waals surface area contributed by atoms with Crippen molar-refractivity contribution in [2.24, 2.45) is 0 Å². The van der Waals surface area contributed by atoms with E-state index in [1.807, 2.05) is 0 Å². The van der Waals surface area contributed by atoms with Crippen molar-refractivity contribution >= 4 is 11.9 Å². The summed E-state index contributed by atoms with van der Waals surface area (Å²) >= 11 is 0. The summed E-state index contributed by atoms with van der Waals surface area (Å²) in [5, 5.41) is 0. The van der Waals surface area contributed by atoms with E-state index < -0.39 is 0 Å². The molecule has 46 heavy (non-hydrogen) atoms. The summed E-state index contributed by atoms with van der Waals surface area (Å²) in [6, 6.07) is 6.86. The van der Waals surface area contributed by atoms with E-state index in [0.717, 1.165) is 51.4 Å². The molecule has 4 nitrogen and oxygen atoms in total. The van der Waals surface area contributed by atoms with Crippen LogP contribution in [0.15, 0.2) is 48.6 Å². The predicted octanol–water partition coefficient (Wildman–Crippen LogP) is 13.6. The van der Waals surface area contributed by atoms with Crippen LogP contribution in [0.1, 0.15) is 194 Å². The van der Waals surface area contributed by atoms with Gasteiger partial charge in [-0.2, -0.15) is 0 Å². The molecule has 262 valence electrons. The Hall–Kier alpha value is -2.36. The molecule has 0 spiro atoms. The van der Waals surface area contributed by atoms with Gasteiger partial charge in [-0.3, -0.25) is 9.59 Å². The fourth-order valence-electron chi connectivity index (χ4n) is 5.65. The summed E-state index contributed by atoms with van der Waals surface area (Å²) in [6.07, 6.45) is 42.2. The summed E-state index contributed by atoms with van der Waals surface area (Å²) in [5.74, 6) is 0.414. The van der Waals surface area contributed by atoms with Crippen molar-refractivity contribution in [2.45, 2.75) is 194 Å². The quantitative estimate of drug-likeness (QED) is 0.0341. The second-order valence-electron chi connectivity index (χ2n) is 13.1. The van der Waals surface area contributed by atoms with Crippen LogP contribution < -0.4 is 9.47 Å². The Balaban J connectivity index is 2.01. The van der Waals surface area contributed by atoms with E-state index in [1.54, 1.807) is 24.3 Å². The van der Waals surface area contributed by atoms with Gasteiger partial charge in [0.2, 0.25) is 0 Å². The van der Waals surface area contributed by atoms with Crippen LogP contribution in [0.25, 0.3) is 0 Å². The first kappa shape index (κ1) is 41.7. The van der Waals surface area contributed by atoms with Crippen LogP contribution in [0.5, 0.6) is 11.5 Å². The highest BCUT2D eigenvalue weighted by molar-refractivity contribution is 5.74. The number of carbonyl (C=O) groups is 2. The lowest BCUT2D eigenvalue weighted by atomic mass is 10.1. The molecule has 0 saturated heterocycles. The van der Waals surface area contributed by atoms with Crippen LogP contribution in [0.4, 0.5) is 0 Å². The minimum absolute atomic E-state index is 0.227. The first-order valence-corrected chi connectivity index (χ1v) is 19.5. The lowest BCUT2D eigenvalue weighted by molar-refractivity contribution is -0.135. The number of allylic oxidation sites excluding steroid dienone is 4. The summed E-state index contributed by atoms with van der Waals surface area (Å²) in [5.41, 5.74) is 0. The molecule has 0 fully saturated rings. The normalized spacial score (nSPS) is 11.5. The molecule has 1 rings (SSSR count). The molecule has 0 unspecified atom stereocenters. The maximum Gasteiger partial charge on any atom is 0.311 e. The second-order valence-corrected chi connectivity index (χ2v) is 13.1. The zero-order valence-corrected chi connectivity index (χ0v) is 30.1. The van der Waals surface area contributed by atoms with Gasteiger partial charge in [0.25, 0.3) is 0 Å². The van der Waals surface area contributed by atoms with E-state index in [0.29, 0.717) is 24.3 Å². The number of hydrogen-bond acceptors (Lipinski definition) is 4. The monoisotopic (exact) mass is 639 g/mol. The molecule has 4 heteroatoms. The van der Waals surface area contributed by atoms with Crippen molar-refractivity contribution in [2.75, 3.05) is 0 Å². The maximum atomic E-state index is 12.3. The number of carbonyl (C=O) groups excluding carboxylic acids is 2. The second kappa shape index (κ2) is 32.6. The largest absolute Gasteiger partial charge is 0.426 e. The molecule has 1 aromatic rings. The molecule has 0 atom stereocenters. The van der Waals surface area contributed by atoms with Crippen LogP contribution in [-0.4, -0.2) is 11.9 Å². The first-order chi connectivity index (χ1) is 22.7. The number of hydrogen-bond donors (Lipinski definition) is 0. The van der Waals surface area contributed by atoms with E-state index in [-0.39, 0.29) is 11.9 Å². The lowest BCUT2D eigenvalue weighted by Gasteiger charge is -2.08. The summed E-state index contributed by atoms with van der Waals surface area (Å²) in [4.78, 5) is 24.6. The van der Waals surface area contributed by atoms with E-state index in [2.05, 4.69) is 38.2 Å². The van der Waals surface area contributed by atoms with Crippen molar-refractivity contribution in [1.82, 2.24) is 0 Å². The number of benzene rings is 1. The molecule has 0 aliphatic rings. The Kier molecular flexibility index (Phi) is 29.5. The molecule has 0 aliphatic heterocycles. The third-order valence-corrected chi connectivity index (χ3v) is 8.55. The van der Waals surface area contributed by atoms with Gasteiger partial charge in [0.1, 0.15) is 11.5 Å². The third-order valence-electron chi connectivity index (χ3n) is 8.55. The van der Waals surface area contributed by atoms with E-state index >= 15 is 0 Å². The van der Waals surface area contributed by atoms with Crippen LogP contribution >= 0.6 is 0 Å². The summed E-state index contributed by atoms with van der Waals surface area (Å²) in [6.45, 7) is 4.53. The molecule has 0 saturated carbocycles. The number of rotatable bonds is 32. The zero-order valence-electron chi connectivity index (χ0n) is 30.1. The minimum Gasteiger partial charge on any atom is -0.426 e. The Bertz CT molecular complexity index is 833. The van der Waals surface area contributed by atoms with E-state index in [1.165, 1.54) is 116 Å². The van der Waals surface area contributed by atoms with Crippen LogP contribution in [0.2, 0.25) is 0 Å². The zero-order chi connectivity index (χ0) is 33.2. The Morgan fingerprint density at radius 1 is 0.457 bits per heavy atom. The van der Waals surface area contributed by atoms with Gasteiger partial charge in [0.15, 0.2) is 0 Å². The third kappa shape index (κ3) is 27.9. The van der Waals surface area contributed by atoms with Gasteiger partial charge >= 0.3 is 11.9 Å². The average Bonchev–Trinajstić information content (AvgIpc) is 3.05. The molecular formula is C42H70O4. The average molecular weight is 639 g/mol. The summed E-state index contributed by atoms with van der Waals surface area (Å²) < 4.78 is 11.0. The first-order valence-electron chi connectivity index (χ1n) is 19.5. The minimum atomic E-state index is -0.227. The van der Waals surface area contributed by atoms with Gasteiger partial charge in [-0.05, 0) is 76.3 Å². The van der Waals surface area contributed by atoms with Gasteiger partial charge in [-0.25, -0.2) is 0 Å². The van der Waals surface area contributed by atoms with Gasteiger partial charge in [-0.1, -0.05) is 147 Å². The molecule has 1 aromatic carbocycles. The van der Waals surface area contributed by atoms with Crippen LogP contribution in [0, 0.1) is 0 Å². The van der Waals surface area contributed by atoms with Gasteiger partial charge in [0.05, 0.1) is 0 Å². The summed E-state index contributed by atoms with van der Waals surface area (Å²) in [7, 11) is 0. The fraction of sp³-hybridized carbons (Fsp3) is 0.714. The fourth-order valence-corrected chi connectivity index (χ4v) is 5.65. The van der Waals surface area contributed by atoms with Gasteiger partial charge in [0, 0.05) is 18.9 Å². The Labute approximate surface area is 284 Å². The topological polar surface area (TPSA) is 52.6 Å². The van der Waals surface area contributed by atoms with Crippen molar-refractivity contribution in [3.63, 3.8) is 0 Å². The lowest BCUT2D eigenvalue weighted by Crippen LogP contribution is -2.09. The van der Waals surface area contributed by atoms with Crippen LogP contribution in [-0.2, 0) is 9.59 Å². The molecular weight excluding hydrogens is 568 g/mol. The number of unbranched alkanes of at least 4 members (excludes halogenated alkanes) is 22. The maximum absolute atomic E-state index is 12.3. The van der Waals surface area contributed by atoms with Crippen molar-refractivity contribution in [1.29, 1.82) is 0 Å². The number of esters is 2. The van der Waals surface area contributed by atoms with Crippen LogP contribution in [0.3, 0.4) is 0 Å². The van der Waals surface area contributed by atoms with Crippen molar-refractivity contribution in [3.8, 4) is 11.5 Å². The highest BCUT2D eigenvalue weighted by atomic mass is 16.5. The molecule has 0 amide bonds. The molecule has 0 N–H and O–H groups in total.